The fraction of sp³-hybridized carbons (Fsp3) is 0.368. The Bertz CT molecular complexity index is 1040. The standard InChI is InChI=1S/C19H21N5O3S/c1-2-27-14-7-5-13(6-8-14)11-20-16(25)15-12-21-18-24(17(15)26)22-19(28-18)23-9-3-4-10-23/h5-8,12H,2-4,9-11H2,1H3,(H,20,25). The minimum absolute atomic E-state index is 0.0123. The number of benzene rings is 1. The second-order valence-corrected chi connectivity index (χ2v) is 7.44. The van der Waals surface area contributed by atoms with Gasteiger partial charge in [-0.2, -0.15) is 4.52 Å². The Kier molecular flexibility index (Phi) is 5.25. The second-order valence-electron chi connectivity index (χ2n) is 6.51. The average molecular weight is 399 g/mol. The first kappa shape index (κ1) is 18.4. The molecular formula is C19H21N5O3S. The van der Waals surface area contributed by atoms with Crippen molar-refractivity contribution >= 4 is 27.3 Å². The maximum atomic E-state index is 12.7. The van der Waals surface area contributed by atoms with E-state index in [1.54, 1.807) is 0 Å². The molecule has 0 unspecified atom stereocenters. The van der Waals surface area contributed by atoms with Gasteiger partial charge in [0.2, 0.25) is 10.1 Å². The van der Waals surface area contributed by atoms with Crippen LogP contribution in [-0.2, 0) is 6.54 Å². The normalized spacial score (nSPS) is 13.8. The van der Waals surface area contributed by atoms with E-state index in [0.29, 0.717) is 18.1 Å². The lowest BCUT2D eigenvalue weighted by atomic mass is 10.2. The average Bonchev–Trinajstić information content (AvgIpc) is 3.37. The molecule has 3 heterocycles. The van der Waals surface area contributed by atoms with Crippen LogP contribution in [0.25, 0.3) is 4.96 Å². The number of hydrogen-bond donors (Lipinski definition) is 1. The zero-order chi connectivity index (χ0) is 19.5. The Morgan fingerprint density at radius 2 is 2.00 bits per heavy atom. The molecule has 146 valence electrons. The largest absolute Gasteiger partial charge is 0.494 e. The lowest BCUT2D eigenvalue weighted by Gasteiger charge is -2.10. The highest BCUT2D eigenvalue weighted by molar-refractivity contribution is 7.20. The van der Waals surface area contributed by atoms with Gasteiger partial charge in [-0.25, -0.2) is 4.98 Å². The predicted octanol–water partition coefficient (Wildman–Crippen LogP) is 2.08. The molecule has 8 nitrogen and oxygen atoms in total. The minimum atomic E-state index is -0.462. The number of aromatic nitrogens is 3. The Balaban J connectivity index is 1.49. The van der Waals surface area contributed by atoms with Crippen LogP contribution in [0, 0.1) is 0 Å². The number of rotatable bonds is 6. The summed E-state index contributed by atoms with van der Waals surface area (Å²) in [5, 5.41) is 7.91. The zero-order valence-corrected chi connectivity index (χ0v) is 16.4. The zero-order valence-electron chi connectivity index (χ0n) is 15.6. The number of hydrogen-bond acceptors (Lipinski definition) is 7. The molecule has 1 N–H and O–H groups in total. The summed E-state index contributed by atoms with van der Waals surface area (Å²) in [6.45, 7) is 4.71. The molecule has 2 aromatic heterocycles. The molecule has 1 aromatic carbocycles. The van der Waals surface area contributed by atoms with Crippen LogP contribution in [0.3, 0.4) is 0 Å². The van der Waals surface area contributed by atoms with Gasteiger partial charge in [0.25, 0.3) is 11.5 Å². The van der Waals surface area contributed by atoms with Gasteiger partial charge < -0.3 is 15.0 Å². The third-order valence-corrected chi connectivity index (χ3v) is 5.57. The molecule has 0 aliphatic carbocycles. The fourth-order valence-electron chi connectivity index (χ4n) is 3.12. The molecule has 3 aromatic rings. The van der Waals surface area contributed by atoms with Crippen molar-refractivity contribution in [3.05, 3.63) is 51.9 Å². The van der Waals surface area contributed by atoms with Gasteiger partial charge in [0, 0.05) is 25.8 Å². The molecule has 1 aliphatic heterocycles. The monoisotopic (exact) mass is 399 g/mol. The first-order chi connectivity index (χ1) is 13.7. The molecule has 4 rings (SSSR count). The predicted molar refractivity (Wildman–Crippen MR) is 107 cm³/mol. The molecule has 1 fully saturated rings. The van der Waals surface area contributed by atoms with Crippen molar-refractivity contribution in [1.82, 2.24) is 19.9 Å². The Labute approximate surface area is 165 Å². The highest BCUT2D eigenvalue weighted by atomic mass is 32.1. The highest BCUT2D eigenvalue weighted by Crippen LogP contribution is 2.24. The van der Waals surface area contributed by atoms with Crippen LogP contribution < -0.4 is 20.5 Å². The summed E-state index contributed by atoms with van der Waals surface area (Å²) in [6.07, 6.45) is 3.58. The summed E-state index contributed by atoms with van der Waals surface area (Å²) in [6, 6.07) is 7.45. The van der Waals surface area contributed by atoms with Crippen molar-refractivity contribution in [2.75, 3.05) is 24.6 Å². The van der Waals surface area contributed by atoms with Crippen molar-refractivity contribution in [1.29, 1.82) is 0 Å². The van der Waals surface area contributed by atoms with Gasteiger partial charge in [-0.15, -0.1) is 5.10 Å². The molecule has 0 spiro atoms. The first-order valence-corrected chi connectivity index (χ1v) is 10.1. The third-order valence-electron chi connectivity index (χ3n) is 4.58. The van der Waals surface area contributed by atoms with Crippen molar-refractivity contribution in [3.8, 4) is 5.75 Å². The van der Waals surface area contributed by atoms with Crippen LogP contribution in [0.5, 0.6) is 5.75 Å². The minimum Gasteiger partial charge on any atom is -0.494 e. The van der Waals surface area contributed by atoms with E-state index in [2.05, 4.69) is 20.3 Å². The van der Waals surface area contributed by atoms with Gasteiger partial charge in [-0.05, 0) is 37.5 Å². The van der Waals surface area contributed by atoms with Crippen molar-refractivity contribution < 1.29 is 9.53 Å². The number of nitrogens with one attached hydrogen (secondary N) is 1. The summed E-state index contributed by atoms with van der Waals surface area (Å²) in [5.74, 6) is 0.319. The van der Waals surface area contributed by atoms with Crippen LogP contribution in [0.4, 0.5) is 5.13 Å². The van der Waals surface area contributed by atoms with E-state index < -0.39 is 11.5 Å². The molecule has 0 atom stereocenters. The van der Waals surface area contributed by atoms with E-state index in [4.69, 9.17) is 4.74 Å². The lowest BCUT2D eigenvalue weighted by molar-refractivity contribution is 0.0948. The van der Waals surface area contributed by atoms with Crippen molar-refractivity contribution in [2.24, 2.45) is 0 Å². The molecule has 1 amide bonds. The van der Waals surface area contributed by atoms with E-state index in [-0.39, 0.29) is 5.56 Å². The summed E-state index contributed by atoms with van der Waals surface area (Å²) < 4.78 is 6.63. The highest BCUT2D eigenvalue weighted by Gasteiger charge is 2.20. The van der Waals surface area contributed by atoms with Crippen molar-refractivity contribution in [2.45, 2.75) is 26.3 Å². The number of ether oxygens (including phenoxy) is 1. The van der Waals surface area contributed by atoms with E-state index in [9.17, 15) is 9.59 Å². The van der Waals surface area contributed by atoms with Gasteiger partial charge in [0.1, 0.15) is 11.3 Å². The lowest BCUT2D eigenvalue weighted by Crippen LogP contribution is -2.31. The first-order valence-electron chi connectivity index (χ1n) is 9.29. The van der Waals surface area contributed by atoms with Crippen LogP contribution in [0.2, 0.25) is 0 Å². The third kappa shape index (κ3) is 3.70. The fourth-order valence-corrected chi connectivity index (χ4v) is 4.03. The Morgan fingerprint density at radius 3 is 2.71 bits per heavy atom. The smallest absolute Gasteiger partial charge is 0.288 e. The van der Waals surface area contributed by atoms with Gasteiger partial charge >= 0.3 is 0 Å². The maximum absolute atomic E-state index is 12.7. The molecule has 28 heavy (non-hydrogen) atoms. The summed E-state index contributed by atoms with van der Waals surface area (Å²) in [4.78, 5) is 32.1. The van der Waals surface area contributed by atoms with Gasteiger partial charge in [0.15, 0.2) is 0 Å². The maximum Gasteiger partial charge on any atom is 0.288 e. The van der Waals surface area contributed by atoms with E-state index >= 15 is 0 Å². The van der Waals surface area contributed by atoms with Crippen LogP contribution in [-0.4, -0.2) is 40.2 Å². The number of fused-ring (bicyclic) bond motifs is 1. The van der Waals surface area contributed by atoms with Crippen LogP contribution in [0.1, 0.15) is 35.7 Å². The Morgan fingerprint density at radius 1 is 1.25 bits per heavy atom. The summed E-state index contributed by atoms with van der Waals surface area (Å²) in [5.41, 5.74) is 0.452. The molecular weight excluding hydrogens is 378 g/mol. The topological polar surface area (TPSA) is 88.8 Å². The summed E-state index contributed by atoms with van der Waals surface area (Å²) in [7, 11) is 0. The number of nitrogens with zero attached hydrogens (tertiary/aromatic N) is 4. The van der Waals surface area contributed by atoms with E-state index in [0.717, 1.165) is 42.4 Å². The number of carbonyl (C=O) groups excluding carboxylic acids is 1. The molecule has 9 heteroatoms. The Hall–Kier alpha value is -2.94. The van der Waals surface area contributed by atoms with Crippen molar-refractivity contribution in [3.63, 3.8) is 0 Å². The number of anilines is 1. The van der Waals surface area contributed by atoms with Crippen LogP contribution >= 0.6 is 11.3 Å². The molecule has 0 bridgehead atoms. The second kappa shape index (κ2) is 7.97. The van der Waals surface area contributed by atoms with Gasteiger partial charge in [-0.1, -0.05) is 23.5 Å². The molecule has 1 aliphatic rings. The van der Waals surface area contributed by atoms with E-state index in [1.807, 2.05) is 31.2 Å². The van der Waals surface area contributed by atoms with Gasteiger partial charge in [-0.3, -0.25) is 9.59 Å². The quantitative estimate of drug-likeness (QED) is 0.683. The SMILES string of the molecule is CCOc1ccc(CNC(=O)c2cnc3sc(N4CCCC4)nn3c2=O)cc1. The summed E-state index contributed by atoms with van der Waals surface area (Å²) >= 11 is 1.37. The number of carbonyl (C=O) groups is 1. The van der Waals surface area contributed by atoms with Gasteiger partial charge in [0.05, 0.1) is 6.61 Å². The molecule has 0 saturated carbocycles. The number of amides is 1. The molecule has 0 radical (unpaired) electrons. The van der Waals surface area contributed by atoms with Crippen LogP contribution in [0.15, 0.2) is 35.3 Å². The molecule has 1 saturated heterocycles. The van der Waals surface area contributed by atoms with E-state index in [1.165, 1.54) is 22.0 Å².